The zero-order valence-electron chi connectivity index (χ0n) is 7.50. The minimum atomic E-state index is -0.506. The third-order valence-corrected chi connectivity index (χ3v) is 2.12. The Labute approximate surface area is 89.6 Å². The fourth-order valence-corrected chi connectivity index (χ4v) is 1.40. The Morgan fingerprint density at radius 2 is 2.00 bits per heavy atom. The number of aromatic amines is 1. The predicted molar refractivity (Wildman–Crippen MR) is 54.8 cm³/mol. The molecule has 1 heterocycles. The molecule has 1 N–H and O–H groups in total. The lowest BCUT2D eigenvalue weighted by Gasteiger charge is -2.02. The highest BCUT2D eigenvalue weighted by Crippen LogP contribution is 2.20. The molecule has 0 atom stereocenters. The number of nitrogens with one attached hydrogen (secondary N) is 1. The summed E-state index contributed by atoms with van der Waals surface area (Å²) >= 11 is 4.83. The first-order chi connectivity index (χ1) is 7.16. The van der Waals surface area contributed by atoms with Gasteiger partial charge in [-0.25, -0.2) is 13.8 Å². The van der Waals surface area contributed by atoms with Crippen LogP contribution in [0.15, 0.2) is 30.6 Å². The average Bonchev–Trinajstić information content (AvgIpc) is 2.22. The van der Waals surface area contributed by atoms with E-state index in [2.05, 4.69) is 9.97 Å². The van der Waals surface area contributed by atoms with Crippen LogP contribution in [0.4, 0.5) is 8.78 Å². The zero-order chi connectivity index (χ0) is 10.8. The van der Waals surface area contributed by atoms with E-state index in [1.165, 1.54) is 12.4 Å². The Kier molecular flexibility index (Phi) is 2.55. The van der Waals surface area contributed by atoms with Gasteiger partial charge in [-0.15, -0.1) is 0 Å². The number of H-pyrrole nitrogens is 1. The third-order valence-electron chi connectivity index (χ3n) is 1.90. The van der Waals surface area contributed by atoms with Gasteiger partial charge >= 0.3 is 0 Å². The van der Waals surface area contributed by atoms with Crippen molar-refractivity contribution < 1.29 is 8.78 Å². The Morgan fingerprint density at radius 3 is 2.73 bits per heavy atom. The molecule has 2 aromatic rings. The summed E-state index contributed by atoms with van der Waals surface area (Å²) in [4.78, 5) is 6.47. The Balaban J connectivity index is 2.63. The zero-order valence-corrected chi connectivity index (χ0v) is 8.31. The summed E-state index contributed by atoms with van der Waals surface area (Å²) in [6.07, 6.45) is 1.35. The molecule has 5 heteroatoms. The first kappa shape index (κ1) is 9.92. The van der Waals surface area contributed by atoms with Gasteiger partial charge in [0.15, 0.2) is 0 Å². The van der Waals surface area contributed by atoms with Crippen LogP contribution in [0, 0.1) is 16.3 Å². The number of nitrogens with zero attached hydrogens (tertiary/aromatic N) is 1. The number of hydrogen-bond acceptors (Lipinski definition) is 2. The van der Waals surface area contributed by atoms with Gasteiger partial charge in [-0.05, 0) is 24.3 Å². The quantitative estimate of drug-likeness (QED) is 0.754. The van der Waals surface area contributed by atoms with E-state index < -0.39 is 11.6 Å². The summed E-state index contributed by atoms with van der Waals surface area (Å²) in [5, 5.41) is 0. The van der Waals surface area contributed by atoms with Crippen molar-refractivity contribution in [3.63, 3.8) is 0 Å². The first-order valence-corrected chi connectivity index (χ1v) is 4.58. The van der Waals surface area contributed by atoms with Gasteiger partial charge in [-0.2, -0.15) is 0 Å². The van der Waals surface area contributed by atoms with Gasteiger partial charge in [0, 0.05) is 5.56 Å². The number of hydrogen-bond donors (Lipinski definition) is 1. The highest BCUT2D eigenvalue weighted by Gasteiger charge is 2.06. The molecule has 0 aliphatic rings. The van der Waals surface area contributed by atoms with Gasteiger partial charge in [-0.3, -0.25) is 0 Å². The van der Waals surface area contributed by atoms with Crippen LogP contribution in [0.25, 0.3) is 11.3 Å². The highest BCUT2D eigenvalue weighted by molar-refractivity contribution is 7.71. The summed E-state index contributed by atoms with van der Waals surface area (Å²) in [5.41, 5.74) is 0.551. The monoisotopic (exact) mass is 224 g/mol. The highest BCUT2D eigenvalue weighted by atomic mass is 32.1. The standard InChI is InChI=1S/C10H6F2N2S/c11-6-1-2-8(12)7(3-6)9-4-10(15)14-5-13-9/h1-5H,(H,13,14,15). The van der Waals surface area contributed by atoms with E-state index in [-0.39, 0.29) is 5.56 Å². The van der Waals surface area contributed by atoms with Gasteiger partial charge < -0.3 is 4.98 Å². The molecule has 1 aromatic heterocycles. The predicted octanol–water partition coefficient (Wildman–Crippen LogP) is 3.08. The van der Waals surface area contributed by atoms with Crippen molar-refractivity contribution in [2.45, 2.75) is 0 Å². The van der Waals surface area contributed by atoms with Crippen LogP contribution in [0.3, 0.4) is 0 Å². The second-order valence-corrected chi connectivity index (χ2v) is 3.34. The minimum absolute atomic E-state index is 0.142. The minimum Gasteiger partial charge on any atom is -0.346 e. The molecule has 0 fully saturated rings. The van der Waals surface area contributed by atoms with Crippen molar-refractivity contribution in [2.24, 2.45) is 0 Å². The summed E-state index contributed by atoms with van der Waals surface area (Å²) in [6, 6.07) is 4.72. The number of benzene rings is 1. The lowest BCUT2D eigenvalue weighted by molar-refractivity contribution is 0.602. The number of rotatable bonds is 1. The van der Waals surface area contributed by atoms with Gasteiger partial charge in [0.2, 0.25) is 0 Å². The molecule has 0 radical (unpaired) electrons. The van der Waals surface area contributed by atoms with E-state index in [4.69, 9.17) is 12.2 Å². The van der Waals surface area contributed by atoms with Crippen LogP contribution in [0.1, 0.15) is 0 Å². The van der Waals surface area contributed by atoms with Crippen molar-refractivity contribution >= 4 is 12.2 Å². The van der Waals surface area contributed by atoms with Crippen LogP contribution in [0.5, 0.6) is 0 Å². The van der Waals surface area contributed by atoms with Gasteiger partial charge in [0.1, 0.15) is 16.3 Å². The maximum absolute atomic E-state index is 13.3. The number of halogens is 2. The second-order valence-electron chi connectivity index (χ2n) is 2.92. The average molecular weight is 224 g/mol. The van der Waals surface area contributed by atoms with E-state index >= 15 is 0 Å². The summed E-state index contributed by atoms with van der Waals surface area (Å²) < 4.78 is 26.6. The van der Waals surface area contributed by atoms with Crippen LogP contribution >= 0.6 is 12.2 Å². The van der Waals surface area contributed by atoms with Crippen molar-refractivity contribution in [2.75, 3.05) is 0 Å². The van der Waals surface area contributed by atoms with Crippen molar-refractivity contribution in [1.29, 1.82) is 0 Å². The van der Waals surface area contributed by atoms with Gasteiger partial charge in [0.05, 0.1) is 12.0 Å². The molecular weight excluding hydrogens is 218 g/mol. The summed E-state index contributed by atoms with van der Waals surface area (Å²) in [5.74, 6) is -1.00. The Morgan fingerprint density at radius 1 is 1.20 bits per heavy atom. The molecule has 2 rings (SSSR count). The van der Waals surface area contributed by atoms with Gasteiger partial charge in [0.25, 0.3) is 0 Å². The largest absolute Gasteiger partial charge is 0.346 e. The molecule has 0 bridgehead atoms. The maximum atomic E-state index is 13.3. The van der Waals surface area contributed by atoms with Crippen molar-refractivity contribution in [3.05, 3.63) is 46.9 Å². The summed E-state index contributed by atoms with van der Waals surface area (Å²) in [7, 11) is 0. The Bertz CT molecular complexity index is 551. The normalized spacial score (nSPS) is 10.3. The third kappa shape index (κ3) is 2.07. The van der Waals surface area contributed by atoms with E-state index in [9.17, 15) is 8.78 Å². The molecule has 0 aliphatic carbocycles. The molecule has 0 saturated carbocycles. The van der Waals surface area contributed by atoms with Crippen LogP contribution in [-0.4, -0.2) is 9.97 Å². The SMILES string of the molecule is Fc1ccc(F)c(-c2cc(=S)nc[nH]2)c1. The molecule has 1 aromatic carbocycles. The lowest BCUT2D eigenvalue weighted by atomic mass is 10.1. The van der Waals surface area contributed by atoms with Crippen LogP contribution in [0.2, 0.25) is 0 Å². The molecule has 76 valence electrons. The molecule has 0 amide bonds. The molecule has 0 spiro atoms. The van der Waals surface area contributed by atoms with Crippen LogP contribution < -0.4 is 0 Å². The van der Waals surface area contributed by atoms with E-state index in [0.717, 1.165) is 18.2 Å². The summed E-state index contributed by atoms with van der Waals surface area (Å²) in [6.45, 7) is 0. The fourth-order valence-electron chi connectivity index (χ4n) is 1.23. The van der Waals surface area contributed by atoms with E-state index in [1.807, 2.05) is 0 Å². The molecule has 15 heavy (non-hydrogen) atoms. The topological polar surface area (TPSA) is 28.7 Å². The smallest absolute Gasteiger partial charge is 0.132 e. The molecule has 2 nitrogen and oxygen atoms in total. The van der Waals surface area contributed by atoms with E-state index in [0.29, 0.717) is 10.3 Å². The number of aromatic nitrogens is 2. The van der Waals surface area contributed by atoms with Crippen LogP contribution in [-0.2, 0) is 0 Å². The Hall–Kier alpha value is -1.62. The molecular formula is C10H6F2N2S. The second kappa shape index (κ2) is 3.86. The van der Waals surface area contributed by atoms with E-state index in [1.54, 1.807) is 0 Å². The van der Waals surface area contributed by atoms with Crippen molar-refractivity contribution in [1.82, 2.24) is 9.97 Å². The first-order valence-electron chi connectivity index (χ1n) is 4.17. The molecule has 0 unspecified atom stereocenters. The lowest BCUT2D eigenvalue weighted by Crippen LogP contribution is -1.90. The molecule has 0 saturated heterocycles. The maximum Gasteiger partial charge on any atom is 0.132 e. The fraction of sp³-hybridized carbons (Fsp3) is 0. The molecule has 0 aliphatic heterocycles. The van der Waals surface area contributed by atoms with Gasteiger partial charge in [-0.1, -0.05) is 12.2 Å². The van der Waals surface area contributed by atoms with Crippen molar-refractivity contribution in [3.8, 4) is 11.3 Å².